The van der Waals surface area contributed by atoms with E-state index in [9.17, 15) is 24.9 Å². The molecule has 4 rings (SSSR count). The third kappa shape index (κ3) is 5.78. The minimum atomic E-state index is -0.837. The molecule has 3 N–H and O–H groups in total. The predicted molar refractivity (Wildman–Crippen MR) is 159 cm³/mol. The number of amides is 2. The van der Waals surface area contributed by atoms with E-state index < -0.39 is 23.9 Å². The maximum Gasteiger partial charge on any atom is 0.238 e. The van der Waals surface area contributed by atoms with Crippen LogP contribution >= 0.6 is 22.6 Å². The lowest BCUT2D eigenvalue weighted by molar-refractivity contribution is -0.123. The Hall–Kier alpha value is -2.69. The summed E-state index contributed by atoms with van der Waals surface area (Å²) in [4.78, 5) is 28.2. The lowest BCUT2D eigenvalue weighted by atomic mass is 9.67. The first-order valence-electron chi connectivity index (χ1n) is 13.4. The normalized spacial score (nSPS) is 22.4. The maximum atomic E-state index is 13.6. The number of hydrogen-bond donors (Lipinski definition) is 3. The van der Waals surface area contributed by atoms with Crippen molar-refractivity contribution in [2.45, 2.75) is 52.1 Å². The zero-order valence-corrected chi connectivity index (χ0v) is 24.7. The average molecular weight is 646 g/mol. The van der Waals surface area contributed by atoms with Crippen molar-refractivity contribution in [3.05, 3.63) is 68.3 Å². The summed E-state index contributed by atoms with van der Waals surface area (Å²) < 4.78 is 5.97. The van der Waals surface area contributed by atoms with Gasteiger partial charge >= 0.3 is 0 Å². The Kier molecular flexibility index (Phi) is 9.51. The number of nitrogens with zero attached hydrogens (tertiary/aromatic N) is 1. The van der Waals surface area contributed by atoms with Crippen LogP contribution in [-0.4, -0.2) is 47.0 Å². The van der Waals surface area contributed by atoms with Gasteiger partial charge in [0.15, 0.2) is 11.5 Å². The molecule has 7 nitrogen and oxygen atoms in total. The molecule has 2 aromatic carbocycles. The van der Waals surface area contributed by atoms with Gasteiger partial charge in [-0.15, -0.1) is 0 Å². The summed E-state index contributed by atoms with van der Waals surface area (Å²) in [5, 5.41) is 32.1. The predicted octanol–water partition coefficient (Wildman–Crippen LogP) is 5.46. The van der Waals surface area contributed by atoms with Crippen molar-refractivity contribution in [3.63, 3.8) is 0 Å². The van der Waals surface area contributed by atoms with Gasteiger partial charge in [-0.1, -0.05) is 49.3 Å². The van der Waals surface area contributed by atoms with Crippen LogP contribution in [0.15, 0.2) is 59.2 Å². The van der Waals surface area contributed by atoms with Crippen molar-refractivity contribution < 1.29 is 29.6 Å². The van der Waals surface area contributed by atoms with Gasteiger partial charge in [-0.2, -0.15) is 0 Å². The zero-order chi connectivity index (χ0) is 28.3. The fourth-order valence-corrected chi connectivity index (χ4v) is 6.65. The Bertz CT molecular complexity index is 1290. The highest BCUT2D eigenvalue weighted by Gasteiger charge is 2.55. The number of halogens is 1. The molecule has 0 radical (unpaired) electrons. The number of phenols is 1. The van der Waals surface area contributed by atoms with E-state index in [1.807, 2.05) is 25.1 Å². The number of imide groups is 1. The number of carbonyl (C=O) groups is 2. The van der Waals surface area contributed by atoms with E-state index in [1.165, 1.54) is 12.0 Å². The molecule has 2 amide bonds. The van der Waals surface area contributed by atoms with Gasteiger partial charge < -0.3 is 20.1 Å². The number of allylic oxidation sites excluding steroid dienone is 2. The van der Waals surface area contributed by atoms with Gasteiger partial charge in [0.1, 0.15) is 0 Å². The quantitative estimate of drug-likeness (QED) is 0.180. The first kappa shape index (κ1) is 29.3. The fourth-order valence-electron chi connectivity index (χ4n) is 6.03. The van der Waals surface area contributed by atoms with Gasteiger partial charge in [0.05, 0.1) is 40.9 Å². The summed E-state index contributed by atoms with van der Waals surface area (Å²) in [5.74, 6) is -1.84. The molecule has 1 aliphatic carbocycles. The molecule has 8 heteroatoms. The van der Waals surface area contributed by atoms with Crippen LogP contribution in [0.3, 0.4) is 0 Å². The number of methoxy groups -OCH3 is 1. The Labute approximate surface area is 243 Å². The largest absolute Gasteiger partial charge is 0.504 e. The van der Waals surface area contributed by atoms with Crippen molar-refractivity contribution in [3.8, 4) is 11.5 Å². The number of phenolic OH excluding ortho intramolecular Hbond substituents is 1. The van der Waals surface area contributed by atoms with E-state index in [4.69, 9.17) is 4.74 Å². The first-order chi connectivity index (χ1) is 18.7. The molecule has 4 atom stereocenters. The number of rotatable bonds is 10. The van der Waals surface area contributed by atoms with Crippen LogP contribution in [0.5, 0.6) is 11.5 Å². The molecule has 1 aliphatic heterocycles. The summed E-state index contributed by atoms with van der Waals surface area (Å²) in [6.45, 7) is 3.74. The average Bonchev–Trinajstić information content (AvgIpc) is 3.20. The Morgan fingerprint density at radius 1 is 1.18 bits per heavy atom. The van der Waals surface area contributed by atoms with Crippen molar-refractivity contribution in [1.82, 2.24) is 0 Å². The van der Waals surface area contributed by atoms with Crippen LogP contribution in [0, 0.1) is 21.3 Å². The Balaban J connectivity index is 1.57. The van der Waals surface area contributed by atoms with Crippen molar-refractivity contribution in [1.29, 1.82) is 0 Å². The molecule has 0 saturated carbocycles. The van der Waals surface area contributed by atoms with Crippen molar-refractivity contribution >= 4 is 46.2 Å². The second-order valence-electron chi connectivity index (χ2n) is 10.1. The van der Waals surface area contributed by atoms with E-state index in [0.717, 1.165) is 23.1 Å². The molecule has 2 aliphatic rings. The molecular weight excluding hydrogens is 609 g/mol. The van der Waals surface area contributed by atoms with Crippen LogP contribution < -0.4 is 9.64 Å². The van der Waals surface area contributed by atoms with Gasteiger partial charge in [0.25, 0.3) is 0 Å². The summed E-state index contributed by atoms with van der Waals surface area (Å²) in [7, 11) is 1.52. The third-order valence-corrected chi connectivity index (χ3v) is 8.84. The number of anilines is 1. The molecular formula is C31H36INO6. The maximum absolute atomic E-state index is 13.6. The minimum absolute atomic E-state index is 0.110. The molecule has 39 heavy (non-hydrogen) atoms. The second kappa shape index (κ2) is 12.7. The summed E-state index contributed by atoms with van der Waals surface area (Å²) in [5.41, 5.74) is 4.23. The van der Waals surface area contributed by atoms with Crippen LogP contribution in [0.1, 0.15) is 51.5 Å². The lowest BCUT2D eigenvalue weighted by Gasteiger charge is -2.36. The summed E-state index contributed by atoms with van der Waals surface area (Å²) in [6, 6.07) is 12.6. The molecule has 1 fully saturated rings. The Morgan fingerprint density at radius 3 is 2.51 bits per heavy atom. The number of aliphatic hydroxyl groups is 2. The number of hydrogen-bond acceptors (Lipinski definition) is 6. The summed E-state index contributed by atoms with van der Waals surface area (Å²) >= 11 is 2.07. The summed E-state index contributed by atoms with van der Waals surface area (Å²) in [6.07, 6.45) is 4.09. The number of benzene rings is 2. The first-order valence-corrected chi connectivity index (χ1v) is 14.5. The highest BCUT2D eigenvalue weighted by molar-refractivity contribution is 14.1. The standard InChI is InChI=1S/C31H36INO6/c1-4-18(13-19-14-24(32)29(36)26(15-19)39-3)11-12-25(35)27-20(5-2)16-22-28(23(27)17-34)31(38)33(30(22)37)21-9-7-6-8-10-21/h6-10,13-15,22-23,25,28,34-36H,4-5,11-12,16-17H2,1-3H3/b18-13+/t22-,23+,25-,28-/m1/s1. The third-order valence-electron chi connectivity index (χ3n) is 8.02. The van der Waals surface area contributed by atoms with E-state index in [0.29, 0.717) is 46.3 Å². The van der Waals surface area contributed by atoms with E-state index in [-0.39, 0.29) is 24.2 Å². The fraction of sp³-hybridized carbons (Fsp3) is 0.419. The molecule has 0 bridgehead atoms. The topological polar surface area (TPSA) is 107 Å². The van der Waals surface area contributed by atoms with Crippen LogP contribution in [0.25, 0.3) is 6.08 Å². The number of aliphatic hydroxyl groups excluding tert-OH is 2. The number of aromatic hydroxyl groups is 1. The molecule has 1 heterocycles. The van der Waals surface area contributed by atoms with Gasteiger partial charge in [-0.3, -0.25) is 14.5 Å². The van der Waals surface area contributed by atoms with Crippen LogP contribution in [0.2, 0.25) is 0 Å². The van der Waals surface area contributed by atoms with Gasteiger partial charge in [-0.05, 0) is 90.1 Å². The molecule has 1 saturated heterocycles. The number of fused-ring (bicyclic) bond motifs is 1. The second-order valence-corrected chi connectivity index (χ2v) is 11.3. The van der Waals surface area contributed by atoms with E-state index in [2.05, 4.69) is 29.5 Å². The van der Waals surface area contributed by atoms with E-state index >= 15 is 0 Å². The Morgan fingerprint density at radius 2 is 1.90 bits per heavy atom. The highest BCUT2D eigenvalue weighted by Crippen LogP contribution is 2.48. The number of carbonyl (C=O) groups excluding carboxylic acids is 2. The van der Waals surface area contributed by atoms with Gasteiger partial charge in [0.2, 0.25) is 11.8 Å². The molecule has 0 aromatic heterocycles. The van der Waals surface area contributed by atoms with Crippen molar-refractivity contribution in [2.75, 3.05) is 18.6 Å². The van der Waals surface area contributed by atoms with Crippen molar-refractivity contribution in [2.24, 2.45) is 17.8 Å². The monoisotopic (exact) mass is 645 g/mol. The van der Waals surface area contributed by atoms with E-state index in [1.54, 1.807) is 30.3 Å². The molecule has 0 spiro atoms. The van der Waals surface area contributed by atoms with Crippen LogP contribution in [-0.2, 0) is 9.59 Å². The van der Waals surface area contributed by atoms with Crippen LogP contribution in [0.4, 0.5) is 5.69 Å². The molecule has 2 aromatic rings. The number of ether oxygens (including phenoxy) is 1. The number of para-hydroxylation sites is 1. The van der Waals surface area contributed by atoms with Gasteiger partial charge in [-0.25, -0.2) is 0 Å². The highest BCUT2D eigenvalue weighted by atomic mass is 127. The lowest BCUT2D eigenvalue weighted by Crippen LogP contribution is -2.39. The molecule has 0 unspecified atom stereocenters. The van der Waals surface area contributed by atoms with Gasteiger partial charge in [0, 0.05) is 5.92 Å². The molecule has 208 valence electrons. The minimum Gasteiger partial charge on any atom is -0.504 e. The zero-order valence-electron chi connectivity index (χ0n) is 22.6. The smallest absolute Gasteiger partial charge is 0.238 e. The SMILES string of the molecule is CCC1=C([C@H](O)CC/C(=C/c2cc(I)c(O)c(OC)c2)CC)[C@H](CO)[C@@H]2C(=O)N(c3ccccc3)C(=O)[C@@H]2C1.